The second kappa shape index (κ2) is 5.42. The fraction of sp³-hybridized carbons (Fsp3) is 0.357. The molecule has 0 saturated heterocycles. The van der Waals surface area contributed by atoms with Gasteiger partial charge in [0, 0.05) is 12.8 Å². The summed E-state index contributed by atoms with van der Waals surface area (Å²) in [5, 5.41) is 16.9. The molecule has 104 valence electrons. The number of hydrogen-bond acceptors (Lipinski definition) is 4. The predicted octanol–water partition coefficient (Wildman–Crippen LogP) is 0.443. The number of aryl methyl sites for hydroxylation is 1. The zero-order valence-electron chi connectivity index (χ0n) is 10.9. The molecular weight excluding hydrogens is 256 g/mol. The van der Waals surface area contributed by atoms with Gasteiger partial charge >= 0.3 is 0 Å². The van der Waals surface area contributed by atoms with Crippen molar-refractivity contribution in [2.45, 2.75) is 31.5 Å². The molecule has 20 heavy (non-hydrogen) atoms. The highest BCUT2D eigenvalue weighted by Gasteiger charge is 2.31. The summed E-state index contributed by atoms with van der Waals surface area (Å²) in [6, 6.07) is 7.49. The number of carbonyl (C=O) groups excluding carboxylic acids is 1. The van der Waals surface area contributed by atoms with E-state index in [0.29, 0.717) is 19.4 Å². The van der Waals surface area contributed by atoms with Crippen LogP contribution in [0.3, 0.4) is 0 Å². The molecule has 6 nitrogen and oxygen atoms in total. The number of benzene rings is 1. The number of fused-ring (bicyclic) bond motifs is 1. The molecule has 0 radical (unpaired) electrons. The number of nitrogens with zero attached hydrogens (tertiary/aromatic N) is 3. The average molecular weight is 272 g/mol. The van der Waals surface area contributed by atoms with Crippen LogP contribution in [-0.4, -0.2) is 31.9 Å². The molecule has 0 aliphatic heterocycles. The zero-order valence-corrected chi connectivity index (χ0v) is 10.9. The third-order valence-electron chi connectivity index (χ3n) is 3.56. The van der Waals surface area contributed by atoms with Gasteiger partial charge in [0.2, 0.25) is 5.91 Å². The summed E-state index contributed by atoms with van der Waals surface area (Å²) in [6.07, 6.45) is 3.36. The minimum absolute atomic E-state index is 0.0961. The van der Waals surface area contributed by atoms with Gasteiger partial charge in [0.25, 0.3) is 0 Å². The molecule has 1 aliphatic carbocycles. The van der Waals surface area contributed by atoms with Crippen LogP contribution in [0.5, 0.6) is 0 Å². The summed E-state index contributed by atoms with van der Waals surface area (Å²) in [7, 11) is 0. The van der Waals surface area contributed by atoms with Crippen molar-refractivity contribution in [3.63, 3.8) is 0 Å². The Labute approximate surface area is 116 Å². The van der Waals surface area contributed by atoms with Crippen LogP contribution < -0.4 is 5.32 Å². The smallest absolute Gasteiger partial charge is 0.222 e. The molecule has 1 aromatic heterocycles. The number of amides is 1. The van der Waals surface area contributed by atoms with Gasteiger partial charge in [0.05, 0.1) is 18.7 Å². The van der Waals surface area contributed by atoms with Crippen LogP contribution >= 0.6 is 0 Å². The normalized spacial score (nSPS) is 20.6. The Hall–Kier alpha value is -2.21. The van der Waals surface area contributed by atoms with Gasteiger partial charge in [-0.2, -0.15) is 5.10 Å². The molecule has 1 heterocycles. The van der Waals surface area contributed by atoms with E-state index in [2.05, 4.69) is 15.4 Å². The summed E-state index contributed by atoms with van der Waals surface area (Å²) in [6.45, 7) is 0.482. The maximum absolute atomic E-state index is 12.0. The van der Waals surface area contributed by atoms with Gasteiger partial charge in [0.1, 0.15) is 12.7 Å². The molecule has 2 N–H and O–H groups in total. The molecule has 0 saturated carbocycles. The predicted molar refractivity (Wildman–Crippen MR) is 71.7 cm³/mol. The number of carbonyl (C=O) groups is 1. The van der Waals surface area contributed by atoms with E-state index < -0.39 is 6.10 Å². The third-order valence-corrected chi connectivity index (χ3v) is 3.56. The van der Waals surface area contributed by atoms with Crippen LogP contribution in [0, 0.1) is 0 Å². The van der Waals surface area contributed by atoms with Crippen LogP contribution in [0.25, 0.3) is 0 Å². The van der Waals surface area contributed by atoms with E-state index in [0.717, 1.165) is 11.1 Å². The third kappa shape index (κ3) is 2.55. The molecule has 3 rings (SSSR count). The first-order chi connectivity index (χ1) is 9.74. The topological polar surface area (TPSA) is 80.0 Å². The molecule has 1 aromatic carbocycles. The van der Waals surface area contributed by atoms with Crippen molar-refractivity contribution in [2.75, 3.05) is 0 Å². The van der Waals surface area contributed by atoms with Crippen molar-refractivity contribution in [3.05, 3.63) is 48.0 Å². The highest BCUT2D eigenvalue weighted by molar-refractivity contribution is 5.76. The lowest BCUT2D eigenvalue weighted by Gasteiger charge is -2.17. The number of aromatic nitrogens is 3. The second-order valence-electron chi connectivity index (χ2n) is 4.92. The van der Waals surface area contributed by atoms with E-state index in [1.54, 1.807) is 11.0 Å². The summed E-state index contributed by atoms with van der Waals surface area (Å²) in [5.74, 6) is -0.0961. The highest BCUT2D eigenvalue weighted by atomic mass is 16.3. The van der Waals surface area contributed by atoms with Crippen molar-refractivity contribution < 1.29 is 9.90 Å². The molecule has 0 bridgehead atoms. The second-order valence-corrected chi connectivity index (χ2v) is 4.92. The minimum atomic E-state index is -0.553. The number of hydrogen-bond donors (Lipinski definition) is 2. The van der Waals surface area contributed by atoms with Gasteiger partial charge in [-0.1, -0.05) is 24.3 Å². The molecule has 1 aliphatic rings. The summed E-state index contributed by atoms with van der Waals surface area (Å²) >= 11 is 0. The van der Waals surface area contributed by atoms with Crippen molar-refractivity contribution in [2.24, 2.45) is 0 Å². The standard InChI is InChI=1S/C14H16N4O2/c19-12-7-10-3-1-2-4-11(10)14(12)17-13(20)5-6-18-9-15-8-16-18/h1-4,8-9,12,14,19H,5-7H2,(H,17,20). The van der Waals surface area contributed by atoms with E-state index >= 15 is 0 Å². The lowest BCUT2D eigenvalue weighted by atomic mass is 10.1. The van der Waals surface area contributed by atoms with E-state index in [1.165, 1.54) is 6.33 Å². The Morgan fingerprint density at radius 3 is 3.10 bits per heavy atom. The maximum atomic E-state index is 12.0. The van der Waals surface area contributed by atoms with Gasteiger partial charge in [-0.25, -0.2) is 4.98 Å². The zero-order chi connectivity index (χ0) is 13.9. The minimum Gasteiger partial charge on any atom is -0.390 e. The maximum Gasteiger partial charge on any atom is 0.222 e. The number of nitrogens with one attached hydrogen (secondary N) is 1. The highest BCUT2D eigenvalue weighted by Crippen LogP contribution is 2.31. The quantitative estimate of drug-likeness (QED) is 0.846. The van der Waals surface area contributed by atoms with E-state index in [9.17, 15) is 9.90 Å². The van der Waals surface area contributed by atoms with Gasteiger partial charge in [-0.15, -0.1) is 0 Å². The Kier molecular flexibility index (Phi) is 3.47. The fourth-order valence-corrected chi connectivity index (χ4v) is 2.56. The summed E-state index contributed by atoms with van der Waals surface area (Å²) in [5.41, 5.74) is 2.11. The molecule has 2 atom stereocenters. The molecule has 0 fully saturated rings. The first-order valence-electron chi connectivity index (χ1n) is 6.61. The first kappa shape index (κ1) is 12.8. The van der Waals surface area contributed by atoms with Gasteiger partial charge in [-0.3, -0.25) is 9.48 Å². The largest absolute Gasteiger partial charge is 0.390 e. The van der Waals surface area contributed by atoms with E-state index in [-0.39, 0.29) is 11.9 Å². The van der Waals surface area contributed by atoms with Crippen LogP contribution in [0.1, 0.15) is 23.6 Å². The molecule has 0 spiro atoms. The number of aliphatic hydroxyl groups excluding tert-OH is 1. The van der Waals surface area contributed by atoms with E-state index in [1.807, 2.05) is 24.3 Å². The summed E-state index contributed by atoms with van der Waals surface area (Å²) < 4.78 is 1.61. The van der Waals surface area contributed by atoms with Crippen LogP contribution in [0.15, 0.2) is 36.9 Å². The van der Waals surface area contributed by atoms with Crippen LogP contribution in [0.2, 0.25) is 0 Å². The van der Waals surface area contributed by atoms with Crippen molar-refractivity contribution in [1.82, 2.24) is 20.1 Å². The molecule has 2 unspecified atom stereocenters. The SMILES string of the molecule is O=C(CCn1cncn1)NC1c2ccccc2CC1O. The Morgan fingerprint density at radius 2 is 2.30 bits per heavy atom. The Bertz CT molecular complexity index is 597. The Morgan fingerprint density at radius 1 is 1.45 bits per heavy atom. The monoisotopic (exact) mass is 272 g/mol. The van der Waals surface area contributed by atoms with Crippen molar-refractivity contribution in [3.8, 4) is 0 Å². The van der Waals surface area contributed by atoms with Gasteiger partial charge in [0.15, 0.2) is 0 Å². The fourth-order valence-electron chi connectivity index (χ4n) is 2.56. The van der Waals surface area contributed by atoms with Gasteiger partial charge in [-0.05, 0) is 11.1 Å². The first-order valence-corrected chi connectivity index (χ1v) is 6.61. The van der Waals surface area contributed by atoms with Crippen LogP contribution in [0.4, 0.5) is 0 Å². The van der Waals surface area contributed by atoms with Crippen molar-refractivity contribution in [1.29, 1.82) is 0 Å². The van der Waals surface area contributed by atoms with Gasteiger partial charge < -0.3 is 10.4 Å². The Balaban J connectivity index is 1.61. The molecule has 1 amide bonds. The lowest BCUT2D eigenvalue weighted by molar-refractivity contribution is -0.122. The van der Waals surface area contributed by atoms with E-state index in [4.69, 9.17) is 0 Å². The number of rotatable bonds is 4. The average Bonchev–Trinajstić information content (AvgIpc) is 3.06. The van der Waals surface area contributed by atoms with Crippen LogP contribution in [-0.2, 0) is 17.8 Å². The molecule has 6 heteroatoms. The number of aliphatic hydroxyl groups is 1. The lowest BCUT2D eigenvalue weighted by Crippen LogP contribution is -2.34. The van der Waals surface area contributed by atoms with Crippen molar-refractivity contribution >= 4 is 5.91 Å². The summed E-state index contributed by atoms with van der Waals surface area (Å²) in [4.78, 5) is 15.8. The molecule has 2 aromatic rings. The molecular formula is C14H16N4O2.